The summed E-state index contributed by atoms with van der Waals surface area (Å²) in [6.45, 7) is 3.32. The van der Waals surface area contributed by atoms with Crippen molar-refractivity contribution in [1.29, 1.82) is 0 Å². The molecule has 2 heterocycles. The Hall–Kier alpha value is -1.14. The number of hydrogen-bond donors (Lipinski definition) is 1. The molecule has 0 saturated carbocycles. The second kappa shape index (κ2) is 5.88. The van der Waals surface area contributed by atoms with Crippen molar-refractivity contribution in [2.45, 2.75) is 37.5 Å². The summed E-state index contributed by atoms with van der Waals surface area (Å²) in [6.07, 6.45) is 6.90. The molecule has 1 aliphatic heterocycles. The molecule has 1 aromatic rings. The lowest BCUT2D eigenvalue weighted by molar-refractivity contribution is 0.407. The van der Waals surface area contributed by atoms with Crippen molar-refractivity contribution in [2.24, 2.45) is 5.92 Å². The Morgan fingerprint density at radius 1 is 1.42 bits per heavy atom. The molecule has 0 aromatic carbocycles. The SMILES string of the molecule is CCC1CCCN(S(=O)(=O)c2cnccc2N)CC1. The molecule has 0 spiro atoms. The smallest absolute Gasteiger partial charge is 0.246 e. The van der Waals surface area contributed by atoms with Crippen molar-refractivity contribution in [3.8, 4) is 0 Å². The highest BCUT2D eigenvalue weighted by atomic mass is 32.2. The summed E-state index contributed by atoms with van der Waals surface area (Å²) in [4.78, 5) is 4.00. The van der Waals surface area contributed by atoms with E-state index in [0.717, 1.165) is 25.7 Å². The van der Waals surface area contributed by atoms with Crippen molar-refractivity contribution in [3.05, 3.63) is 18.5 Å². The molecule has 2 rings (SSSR count). The number of hydrogen-bond acceptors (Lipinski definition) is 4. The van der Waals surface area contributed by atoms with Crippen molar-refractivity contribution < 1.29 is 8.42 Å². The average Bonchev–Trinajstić information content (AvgIpc) is 2.64. The van der Waals surface area contributed by atoms with Gasteiger partial charge in [-0.3, -0.25) is 4.98 Å². The number of aromatic nitrogens is 1. The zero-order valence-corrected chi connectivity index (χ0v) is 12.1. The molecule has 1 saturated heterocycles. The molecule has 2 N–H and O–H groups in total. The maximum absolute atomic E-state index is 12.6. The van der Waals surface area contributed by atoms with Crippen LogP contribution in [0.5, 0.6) is 0 Å². The first-order chi connectivity index (χ1) is 9.05. The maximum Gasteiger partial charge on any atom is 0.246 e. The van der Waals surface area contributed by atoms with E-state index in [2.05, 4.69) is 11.9 Å². The van der Waals surface area contributed by atoms with E-state index in [1.165, 1.54) is 18.5 Å². The van der Waals surface area contributed by atoms with Gasteiger partial charge >= 0.3 is 0 Å². The number of sulfonamides is 1. The lowest BCUT2D eigenvalue weighted by Crippen LogP contribution is -2.32. The van der Waals surface area contributed by atoms with Crippen LogP contribution in [0.4, 0.5) is 5.69 Å². The Morgan fingerprint density at radius 3 is 2.89 bits per heavy atom. The molecule has 19 heavy (non-hydrogen) atoms. The molecular formula is C13H21N3O2S. The van der Waals surface area contributed by atoms with Crippen LogP contribution in [-0.2, 0) is 10.0 Å². The summed E-state index contributed by atoms with van der Waals surface area (Å²) >= 11 is 0. The van der Waals surface area contributed by atoms with Crippen LogP contribution in [0.2, 0.25) is 0 Å². The van der Waals surface area contributed by atoms with Crippen molar-refractivity contribution >= 4 is 15.7 Å². The first-order valence-corrected chi connectivity index (χ1v) is 8.19. The van der Waals surface area contributed by atoms with Gasteiger partial charge < -0.3 is 5.73 Å². The van der Waals surface area contributed by atoms with Crippen molar-refractivity contribution in [1.82, 2.24) is 9.29 Å². The zero-order valence-electron chi connectivity index (χ0n) is 11.2. The van der Waals surface area contributed by atoms with Crippen molar-refractivity contribution in [3.63, 3.8) is 0 Å². The molecule has 1 aliphatic rings. The van der Waals surface area contributed by atoms with Gasteiger partial charge in [-0.15, -0.1) is 0 Å². The molecule has 0 radical (unpaired) electrons. The molecule has 1 aromatic heterocycles. The molecule has 0 amide bonds. The fraction of sp³-hybridized carbons (Fsp3) is 0.615. The molecule has 1 unspecified atom stereocenters. The van der Waals surface area contributed by atoms with E-state index < -0.39 is 10.0 Å². The van der Waals surface area contributed by atoms with Gasteiger partial charge in [0.15, 0.2) is 0 Å². The number of pyridine rings is 1. The van der Waals surface area contributed by atoms with E-state index in [0.29, 0.717) is 19.0 Å². The maximum atomic E-state index is 12.6. The topological polar surface area (TPSA) is 76.3 Å². The third-order valence-corrected chi connectivity index (χ3v) is 5.76. The fourth-order valence-electron chi connectivity index (χ4n) is 2.53. The second-order valence-electron chi connectivity index (χ2n) is 5.02. The third kappa shape index (κ3) is 3.06. The predicted molar refractivity (Wildman–Crippen MR) is 75.0 cm³/mol. The summed E-state index contributed by atoms with van der Waals surface area (Å²) in [6, 6.07) is 1.53. The van der Waals surface area contributed by atoms with Crippen molar-refractivity contribution in [2.75, 3.05) is 18.8 Å². The Kier molecular flexibility index (Phi) is 4.42. The van der Waals surface area contributed by atoms with E-state index in [-0.39, 0.29) is 10.6 Å². The van der Waals surface area contributed by atoms with E-state index in [1.54, 1.807) is 4.31 Å². The summed E-state index contributed by atoms with van der Waals surface area (Å²) < 4.78 is 26.7. The first-order valence-electron chi connectivity index (χ1n) is 6.75. The Bertz CT molecular complexity index is 530. The van der Waals surface area contributed by atoms with E-state index >= 15 is 0 Å². The van der Waals surface area contributed by atoms with Gasteiger partial charge in [0.05, 0.1) is 5.69 Å². The average molecular weight is 283 g/mol. The van der Waals surface area contributed by atoms with E-state index in [4.69, 9.17) is 5.73 Å². The molecule has 1 fully saturated rings. The van der Waals surface area contributed by atoms with Crippen LogP contribution >= 0.6 is 0 Å². The highest BCUT2D eigenvalue weighted by Crippen LogP contribution is 2.26. The van der Waals surface area contributed by atoms with E-state index in [1.807, 2.05) is 0 Å². The Labute approximate surface area is 114 Å². The monoisotopic (exact) mass is 283 g/mol. The van der Waals surface area contributed by atoms with Gasteiger partial charge in [-0.1, -0.05) is 13.3 Å². The number of nitrogen functional groups attached to an aromatic ring is 1. The predicted octanol–water partition coefficient (Wildman–Crippen LogP) is 1.86. The van der Waals surface area contributed by atoms with Crippen LogP contribution in [0, 0.1) is 5.92 Å². The Morgan fingerprint density at radius 2 is 2.21 bits per heavy atom. The fourth-order valence-corrected chi connectivity index (χ4v) is 4.09. The minimum atomic E-state index is -3.50. The molecule has 106 valence electrons. The minimum absolute atomic E-state index is 0.130. The molecule has 6 heteroatoms. The quantitative estimate of drug-likeness (QED) is 0.918. The summed E-state index contributed by atoms with van der Waals surface area (Å²) in [5.74, 6) is 0.631. The van der Waals surface area contributed by atoms with Crippen LogP contribution in [-0.4, -0.2) is 30.8 Å². The molecule has 5 nitrogen and oxygen atoms in total. The van der Waals surface area contributed by atoms with Crippen LogP contribution in [0.1, 0.15) is 32.6 Å². The Balaban J connectivity index is 2.23. The number of anilines is 1. The molecule has 0 bridgehead atoms. The van der Waals surface area contributed by atoms with E-state index in [9.17, 15) is 8.42 Å². The highest BCUT2D eigenvalue weighted by Gasteiger charge is 2.28. The van der Waals surface area contributed by atoms with Crippen LogP contribution in [0.3, 0.4) is 0 Å². The summed E-state index contributed by atoms with van der Waals surface area (Å²) in [5, 5.41) is 0. The minimum Gasteiger partial charge on any atom is -0.398 e. The number of nitrogens with two attached hydrogens (primary N) is 1. The number of nitrogens with zero attached hydrogens (tertiary/aromatic N) is 2. The van der Waals surface area contributed by atoms with Gasteiger partial charge in [-0.25, -0.2) is 8.42 Å². The molecule has 1 atom stereocenters. The second-order valence-corrected chi connectivity index (χ2v) is 6.93. The normalized spacial score (nSPS) is 22.1. The largest absolute Gasteiger partial charge is 0.398 e. The van der Waals surface area contributed by atoms with Crippen LogP contribution in [0.15, 0.2) is 23.4 Å². The lowest BCUT2D eigenvalue weighted by Gasteiger charge is -2.20. The lowest BCUT2D eigenvalue weighted by atomic mass is 9.98. The van der Waals surface area contributed by atoms with Gasteiger partial charge in [0.2, 0.25) is 10.0 Å². The van der Waals surface area contributed by atoms with Gasteiger partial charge in [0.25, 0.3) is 0 Å². The summed E-state index contributed by atoms with van der Waals surface area (Å²) in [7, 11) is -3.50. The van der Waals surface area contributed by atoms with Gasteiger partial charge in [-0.05, 0) is 31.2 Å². The number of rotatable bonds is 3. The molecular weight excluding hydrogens is 262 g/mol. The van der Waals surface area contributed by atoms with Crippen LogP contribution < -0.4 is 5.73 Å². The zero-order chi connectivity index (χ0) is 13.9. The standard InChI is InChI=1S/C13H21N3O2S/c1-2-11-4-3-8-16(9-6-11)19(17,18)13-10-15-7-5-12(13)14/h5,7,10-11H,2-4,6,8-9H2,1H3,(H2,14,15). The van der Waals surface area contributed by atoms with Gasteiger partial charge in [-0.2, -0.15) is 4.31 Å². The first kappa shape index (κ1) is 14.3. The molecule has 0 aliphatic carbocycles. The van der Waals surface area contributed by atoms with Gasteiger partial charge in [0.1, 0.15) is 4.90 Å². The highest BCUT2D eigenvalue weighted by molar-refractivity contribution is 7.89. The van der Waals surface area contributed by atoms with Crippen LogP contribution in [0.25, 0.3) is 0 Å². The third-order valence-electron chi connectivity index (χ3n) is 3.82. The van der Waals surface area contributed by atoms with Gasteiger partial charge in [0, 0.05) is 25.5 Å². The summed E-state index contributed by atoms with van der Waals surface area (Å²) in [5.41, 5.74) is 6.03.